The Balaban J connectivity index is 0.00000182. The monoisotopic (exact) mass is 361 g/mol. The normalized spacial score (nSPS) is 20.5. The molecule has 0 saturated carbocycles. The molecule has 1 aliphatic heterocycles. The van der Waals surface area contributed by atoms with Gasteiger partial charge >= 0.3 is 5.97 Å². The first-order valence-corrected chi connectivity index (χ1v) is 8.43. The molecule has 0 amide bonds. The molecule has 132 valence electrons. The van der Waals surface area contributed by atoms with Crippen molar-refractivity contribution < 1.29 is 31.6 Å². The summed E-state index contributed by atoms with van der Waals surface area (Å²) in [7, 11) is 0. The maximum absolute atomic E-state index is 11.2. The van der Waals surface area contributed by atoms with E-state index in [1.807, 2.05) is 31.2 Å². The van der Waals surface area contributed by atoms with E-state index in [9.17, 15) is 9.90 Å². The van der Waals surface area contributed by atoms with Crippen LogP contribution in [0.3, 0.4) is 0 Å². The predicted octanol–water partition coefficient (Wildman–Crippen LogP) is -1.05. The number of fused-ring (bicyclic) bond motifs is 3. The Bertz CT molecular complexity index is 916. The lowest BCUT2D eigenvalue weighted by molar-refractivity contribution is -0.841. The van der Waals surface area contributed by atoms with Crippen LogP contribution in [-0.4, -0.2) is 34.1 Å². The molecule has 1 saturated heterocycles. The van der Waals surface area contributed by atoms with Crippen molar-refractivity contribution in [2.75, 3.05) is 13.1 Å². The summed E-state index contributed by atoms with van der Waals surface area (Å²) in [5, 5.41) is 10.2. The number of para-hydroxylation sites is 1. The van der Waals surface area contributed by atoms with Crippen molar-refractivity contribution in [3.8, 4) is 0 Å². The quantitative estimate of drug-likeness (QED) is 0.622. The van der Waals surface area contributed by atoms with Crippen LogP contribution in [0.25, 0.3) is 22.1 Å². The first-order chi connectivity index (χ1) is 11.7. The average molecular weight is 362 g/mol. The lowest BCUT2D eigenvalue weighted by Gasteiger charge is -2.25. The summed E-state index contributed by atoms with van der Waals surface area (Å²) in [5.74, 6) is 0.737. The third-order valence-corrected chi connectivity index (χ3v) is 4.86. The zero-order chi connectivity index (χ0) is 16.7. The molecular weight excluding hydrogens is 342 g/mol. The highest BCUT2D eigenvalue weighted by molar-refractivity contribution is 6.04. The summed E-state index contributed by atoms with van der Waals surface area (Å²) in [5.41, 5.74) is 2.41. The summed E-state index contributed by atoms with van der Waals surface area (Å²) in [4.78, 5) is 21.8. The number of rotatable bonds is 3. The lowest BCUT2D eigenvalue weighted by Crippen LogP contribution is -3.08. The predicted molar refractivity (Wildman–Crippen MR) is 89.4 cm³/mol. The molecule has 2 N–H and O–H groups in total. The zero-order valence-electron chi connectivity index (χ0n) is 14.0. The van der Waals surface area contributed by atoms with Crippen LogP contribution in [0.5, 0.6) is 0 Å². The summed E-state index contributed by atoms with van der Waals surface area (Å²) >= 11 is 0. The number of carboxylic acids is 1. The van der Waals surface area contributed by atoms with E-state index >= 15 is 0 Å². The largest absolute Gasteiger partial charge is 1.00 e. The second-order valence-corrected chi connectivity index (χ2v) is 6.33. The molecule has 1 fully saturated rings. The topological polar surface area (TPSA) is 80.7 Å². The molecule has 0 aliphatic carbocycles. The summed E-state index contributed by atoms with van der Waals surface area (Å²) in [6.07, 6.45) is 2.09. The van der Waals surface area contributed by atoms with E-state index in [1.165, 1.54) is 4.90 Å². The molecular formula is C18H20ClN3O3. The second kappa shape index (κ2) is 6.98. The Morgan fingerprint density at radius 1 is 1.28 bits per heavy atom. The van der Waals surface area contributed by atoms with Gasteiger partial charge in [0.05, 0.1) is 19.0 Å². The van der Waals surface area contributed by atoms with Crippen molar-refractivity contribution >= 4 is 33.9 Å². The van der Waals surface area contributed by atoms with Crippen LogP contribution < -0.4 is 17.3 Å². The number of piperidine rings is 1. The van der Waals surface area contributed by atoms with Crippen LogP contribution in [0.1, 0.15) is 25.6 Å². The van der Waals surface area contributed by atoms with Crippen LogP contribution in [0, 0.1) is 5.92 Å². The van der Waals surface area contributed by atoms with Gasteiger partial charge in [0.1, 0.15) is 16.9 Å². The highest BCUT2D eigenvalue weighted by Crippen LogP contribution is 2.30. The van der Waals surface area contributed by atoms with Gasteiger partial charge in [0.25, 0.3) is 5.82 Å². The average Bonchev–Trinajstić information content (AvgIpc) is 2.99. The molecule has 0 radical (unpaired) electrons. The fourth-order valence-electron chi connectivity index (χ4n) is 3.48. The number of aromatic nitrogens is 2. The minimum Gasteiger partial charge on any atom is -1.00 e. The molecule has 6 nitrogen and oxygen atoms in total. The van der Waals surface area contributed by atoms with Gasteiger partial charge in [0.15, 0.2) is 0 Å². The number of nitrogens with zero attached hydrogens (tertiary/aromatic N) is 2. The molecule has 1 aromatic carbocycles. The fraction of sp³-hybridized carbons (Fsp3) is 0.389. The Hall–Kier alpha value is -2.18. The van der Waals surface area contributed by atoms with E-state index in [-0.39, 0.29) is 18.3 Å². The van der Waals surface area contributed by atoms with Crippen molar-refractivity contribution in [2.45, 2.75) is 26.2 Å². The summed E-state index contributed by atoms with van der Waals surface area (Å²) in [6, 6.07) is 7.89. The van der Waals surface area contributed by atoms with Crippen LogP contribution in [0.2, 0.25) is 0 Å². The number of hydrogen-bond acceptors (Lipinski definition) is 4. The van der Waals surface area contributed by atoms with Gasteiger partial charge in [-0.1, -0.05) is 19.1 Å². The summed E-state index contributed by atoms with van der Waals surface area (Å²) < 4.78 is 6.05. The zero-order valence-corrected chi connectivity index (χ0v) is 14.7. The van der Waals surface area contributed by atoms with Gasteiger partial charge in [-0.05, 0) is 12.1 Å². The van der Waals surface area contributed by atoms with Gasteiger partial charge in [-0.3, -0.25) is 9.69 Å². The third-order valence-electron chi connectivity index (χ3n) is 4.86. The smallest absolute Gasteiger partial charge is 0.306 e. The van der Waals surface area contributed by atoms with E-state index in [1.54, 1.807) is 0 Å². The van der Waals surface area contributed by atoms with Crippen LogP contribution in [-0.2, 0) is 11.2 Å². The van der Waals surface area contributed by atoms with Crippen molar-refractivity contribution in [3.05, 3.63) is 30.1 Å². The maximum Gasteiger partial charge on any atom is 0.306 e. The van der Waals surface area contributed by atoms with Crippen molar-refractivity contribution in [1.82, 2.24) is 9.97 Å². The molecule has 3 aromatic rings. The van der Waals surface area contributed by atoms with E-state index in [0.29, 0.717) is 12.8 Å². The van der Waals surface area contributed by atoms with E-state index in [0.717, 1.165) is 53.2 Å². The molecule has 0 bridgehead atoms. The minimum atomic E-state index is -0.695. The third kappa shape index (κ3) is 3.07. The number of halogens is 1. The number of aliphatic carboxylic acids is 1. The minimum absolute atomic E-state index is 0. The molecule has 0 unspecified atom stereocenters. The number of furan rings is 1. The Morgan fingerprint density at radius 3 is 2.68 bits per heavy atom. The van der Waals surface area contributed by atoms with Crippen molar-refractivity contribution in [2.24, 2.45) is 5.92 Å². The van der Waals surface area contributed by atoms with Crippen LogP contribution in [0.4, 0.5) is 5.82 Å². The Morgan fingerprint density at radius 2 is 2.00 bits per heavy atom. The number of quaternary nitrogens is 1. The first-order valence-electron chi connectivity index (χ1n) is 8.43. The van der Waals surface area contributed by atoms with E-state index < -0.39 is 5.97 Å². The standard InChI is InChI=1S/C18H19N3O3.ClH/c1-2-14-19-15-12-5-3-4-6-13(12)24-16(15)17(20-14)21-9-7-11(8-10-21)18(22)23;/h3-6,11H,2,7-10H2,1H3,(H,22,23);1H. The van der Waals surface area contributed by atoms with E-state index in [2.05, 4.69) is 4.98 Å². The number of nitrogens with one attached hydrogen (secondary N) is 1. The SMILES string of the molecule is CCc1nc([NH+]2CCC(C(=O)O)CC2)c2oc3ccccc3c2n1.[Cl-]. The van der Waals surface area contributed by atoms with Crippen molar-refractivity contribution in [3.63, 3.8) is 0 Å². The van der Waals surface area contributed by atoms with Gasteiger partial charge in [-0.15, -0.1) is 0 Å². The van der Waals surface area contributed by atoms with Gasteiger partial charge in [-0.25, -0.2) is 4.98 Å². The molecule has 3 heterocycles. The fourth-order valence-corrected chi connectivity index (χ4v) is 3.48. The van der Waals surface area contributed by atoms with Gasteiger partial charge < -0.3 is 21.9 Å². The molecule has 7 heteroatoms. The number of hydrogen-bond donors (Lipinski definition) is 2. The molecule has 1 aliphatic rings. The van der Waals surface area contributed by atoms with Crippen molar-refractivity contribution in [1.29, 1.82) is 0 Å². The lowest BCUT2D eigenvalue weighted by atomic mass is 9.97. The molecule has 2 aromatic heterocycles. The van der Waals surface area contributed by atoms with Crippen LogP contribution in [0.15, 0.2) is 28.7 Å². The molecule has 4 rings (SSSR count). The number of benzene rings is 1. The first kappa shape index (κ1) is 17.6. The van der Waals surface area contributed by atoms with Gasteiger partial charge in [0.2, 0.25) is 5.58 Å². The second-order valence-electron chi connectivity index (χ2n) is 6.33. The molecule has 0 atom stereocenters. The number of aryl methyl sites for hydroxylation is 1. The summed E-state index contributed by atoms with van der Waals surface area (Å²) in [6.45, 7) is 3.55. The Kier molecular flexibility index (Phi) is 4.92. The molecule has 25 heavy (non-hydrogen) atoms. The van der Waals surface area contributed by atoms with Crippen LogP contribution >= 0.6 is 0 Å². The highest BCUT2D eigenvalue weighted by atomic mass is 35.5. The number of carbonyl (C=O) groups is 1. The van der Waals surface area contributed by atoms with Gasteiger partial charge in [0, 0.05) is 24.6 Å². The number of carboxylic acid groups (broad SMARTS) is 1. The highest BCUT2D eigenvalue weighted by Gasteiger charge is 2.31. The van der Waals surface area contributed by atoms with E-state index in [4.69, 9.17) is 9.40 Å². The van der Waals surface area contributed by atoms with Gasteiger partial charge in [-0.2, -0.15) is 4.98 Å². The molecule has 0 spiro atoms. The Labute approximate surface area is 151 Å². The maximum atomic E-state index is 11.2.